The van der Waals surface area contributed by atoms with Gasteiger partial charge in [0.25, 0.3) is 0 Å². The Morgan fingerprint density at radius 3 is 1.56 bits per heavy atom. The second-order valence-electron chi connectivity index (χ2n) is 6.73. The van der Waals surface area contributed by atoms with Crippen molar-refractivity contribution in [3.63, 3.8) is 0 Å². The highest BCUT2D eigenvalue weighted by Gasteiger charge is 2.20. The van der Waals surface area contributed by atoms with E-state index in [1.54, 1.807) is 0 Å². The zero-order valence-corrected chi connectivity index (χ0v) is 14.5. The van der Waals surface area contributed by atoms with Gasteiger partial charge in [-0.1, -0.05) is 12.8 Å². The summed E-state index contributed by atoms with van der Waals surface area (Å²) < 4.78 is 4.67. The van der Waals surface area contributed by atoms with Crippen LogP contribution in [-0.4, -0.2) is 71.2 Å². The van der Waals surface area contributed by atoms with Gasteiger partial charge in [-0.05, 0) is 62.2 Å². The van der Waals surface area contributed by atoms with E-state index in [0.717, 1.165) is 51.9 Å². The maximum atomic E-state index is 12.2. The first-order valence-corrected chi connectivity index (χ1v) is 9.08. The summed E-state index contributed by atoms with van der Waals surface area (Å²) in [5.41, 5.74) is 0. The molecule has 2 aliphatic heterocycles. The molecule has 0 saturated carbocycles. The third-order valence-corrected chi connectivity index (χ3v) is 4.64. The summed E-state index contributed by atoms with van der Waals surface area (Å²) in [6.07, 6.45) is 6.93. The van der Waals surface area contributed by atoms with E-state index in [2.05, 4.69) is 35.4 Å². The lowest BCUT2D eigenvalue weighted by atomic mass is 10.1. The maximum absolute atomic E-state index is 12.2. The smallest absolute Gasteiger partial charge is 0.239 e. The highest BCUT2D eigenvalue weighted by molar-refractivity contribution is 5.98. The molecule has 25 heavy (non-hydrogen) atoms. The average molecular weight is 350 g/mol. The topological polar surface area (TPSA) is 104 Å². The first kappa shape index (κ1) is 17.8. The number of carbonyl (C=O) groups is 2. The Bertz CT molecular complexity index is 530. The lowest BCUT2D eigenvalue weighted by Gasteiger charge is -2.25. The molecule has 9 heteroatoms. The van der Waals surface area contributed by atoms with Crippen molar-refractivity contribution < 1.29 is 14.2 Å². The molecule has 1 aromatic rings. The van der Waals surface area contributed by atoms with Crippen molar-refractivity contribution in [2.75, 3.05) is 49.9 Å². The average Bonchev–Trinajstić information content (AvgIpc) is 3.03. The van der Waals surface area contributed by atoms with Crippen molar-refractivity contribution in [3.05, 3.63) is 0 Å². The minimum absolute atomic E-state index is 0.161. The van der Waals surface area contributed by atoms with Gasteiger partial charge in [-0.25, -0.2) is 4.63 Å². The van der Waals surface area contributed by atoms with Crippen molar-refractivity contribution in [1.82, 2.24) is 20.1 Å². The summed E-state index contributed by atoms with van der Waals surface area (Å²) in [6, 6.07) is 0. The molecule has 3 rings (SSSR count). The van der Waals surface area contributed by atoms with Crippen LogP contribution in [0.15, 0.2) is 4.63 Å². The molecule has 0 atom stereocenters. The van der Waals surface area contributed by atoms with Gasteiger partial charge in [0.1, 0.15) is 0 Å². The number of hydrogen-bond acceptors (Lipinski definition) is 7. The van der Waals surface area contributed by atoms with E-state index in [9.17, 15) is 9.59 Å². The molecule has 0 aliphatic carbocycles. The van der Waals surface area contributed by atoms with E-state index >= 15 is 0 Å². The van der Waals surface area contributed by atoms with Crippen molar-refractivity contribution in [2.45, 2.75) is 38.5 Å². The molecule has 138 valence electrons. The molecule has 0 radical (unpaired) electrons. The minimum atomic E-state index is -0.177. The van der Waals surface area contributed by atoms with Gasteiger partial charge in [-0.2, -0.15) is 0 Å². The molecule has 2 saturated heterocycles. The molecule has 0 spiro atoms. The molecule has 2 fully saturated rings. The van der Waals surface area contributed by atoms with Gasteiger partial charge in [0, 0.05) is 0 Å². The molecule has 0 aromatic carbocycles. The second kappa shape index (κ2) is 8.91. The Balaban J connectivity index is 1.47. The Morgan fingerprint density at radius 1 is 0.760 bits per heavy atom. The van der Waals surface area contributed by atoms with Gasteiger partial charge in [-0.15, -0.1) is 0 Å². The number of hydrogen-bond donors (Lipinski definition) is 2. The predicted molar refractivity (Wildman–Crippen MR) is 92.1 cm³/mol. The summed E-state index contributed by atoms with van der Waals surface area (Å²) in [6.45, 7) is 4.36. The molecule has 0 unspecified atom stereocenters. The van der Waals surface area contributed by atoms with E-state index in [-0.39, 0.29) is 23.5 Å². The molecule has 3 heterocycles. The number of aromatic nitrogens is 2. The van der Waals surface area contributed by atoms with Crippen molar-refractivity contribution >= 4 is 23.5 Å². The number of rotatable bonds is 6. The summed E-state index contributed by atoms with van der Waals surface area (Å²) in [4.78, 5) is 28.5. The third-order valence-electron chi connectivity index (χ3n) is 4.64. The van der Waals surface area contributed by atoms with E-state index in [1.807, 2.05) is 0 Å². The fraction of sp³-hybridized carbons (Fsp3) is 0.750. The molecule has 1 aromatic heterocycles. The van der Waals surface area contributed by atoms with Crippen LogP contribution in [0, 0.1) is 0 Å². The highest BCUT2D eigenvalue weighted by atomic mass is 16.6. The number of nitrogens with one attached hydrogen (secondary N) is 2. The summed E-state index contributed by atoms with van der Waals surface area (Å²) in [5.74, 6) is -0.0312. The molecule has 9 nitrogen and oxygen atoms in total. The van der Waals surface area contributed by atoms with Crippen LogP contribution in [0.4, 0.5) is 11.6 Å². The van der Waals surface area contributed by atoms with Gasteiger partial charge in [0.05, 0.1) is 13.1 Å². The van der Waals surface area contributed by atoms with Gasteiger partial charge < -0.3 is 10.6 Å². The van der Waals surface area contributed by atoms with Crippen molar-refractivity contribution in [3.8, 4) is 0 Å². The van der Waals surface area contributed by atoms with Gasteiger partial charge >= 0.3 is 0 Å². The largest absolute Gasteiger partial charge is 0.304 e. The van der Waals surface area contributed by atoms with E-state index in [1.165, 1.54) is 12.8 Å². The van der Waals surface area contributed by atoms with Crippen LogP contribution in [0.25, 0.3) is 0 Å². The zero-order valence-electron chi connectivity index (χ0n) is 14.5. The van der Waals surface area contributed by atoms with Gasteiger partial charge in [-0.3, -0.25) is 19.4 Å². The Morgan fingerprint density at radius 2 is 1.16 bits per heavy atom. The van der Waals surface area contributed by atoms with Crippen LogP contribution in [0.3, 0.4) is 0 Å². The first-order valence-electron chi connectivity index (χ1n) is 9.08. The minimum Gasteiger partial charge on any atom is -0.304 e. The van der Waals surface area contributed by atoms with Crippen LogP contribution >= 0.6 is 0 Å². The van der Waals surface area contributed by atoms with E-state index in [0.29, 0.717) is 13.1 Å². The standard InChI is InChI=1S/C16H26N6O3/c23-13(11-21-7-3-1-4-8-21)17-15-16(20-25-19-15)18-14(24)12-22-9-5-2-6-10-22/h1-12H2,(H,17,19,23)(H,18,20,24). The fourth-order valence-corrected chi connectivity index (χ4v) is 3.34. The fourth-order valence-electron chi connectivity index (χ4n) is 3.34. The SMILES string of the molecule is O=C(CN1CCCCC1)Nc1nonc1NC(=O)CN1CCCCC1. The van der Waals surface area contributed by atoms with E-state index < -0.39 is 0 Å². The number of amides is 2. The van der Waals surface area contributed by atoms with Crippen molar-refractivity contribution in [2.24, 2.45) is 0 Å². The summed E-state index contributed by atoms with van der Waals surface area (Å²) in [7, 11) is 0. The number of anilines is 2. The number of piperidine rings is 2. The first-order chi connectivity index (χ1) is 12.2. The number of likely N-dealkylation sites (tertiary alicyclic amines) is 2. The summed E-state index contributed by atoms with van der Waals surface area (Å²) >= 11 is 0. The second-order valence-corrected chi connectivity index (χ2v) is 6.73. The number of carbonyl (C=O) groups excluding carboxylic acids is 2. The molecular formula is C16H26N6O3. The monoisotopic (exact) mass is 350 g/mol. The predicted octanol–water partition coefficient (Wildman–Crippen LogP) is 0.918. The summed E-state index contributed by atoms with van der Waals surface area (Å²) in [5, 5.41) is 12.7. The Hall–Kier alpha value is -2.00. The molecule has 2 amide bonds. The number of nitrogens with zero attached hydrogens (tertiary/aromatic N) is 4. The Kier molecular flexibility index (Phi) is 6.35. The van der Waals surface area contributed by atoms with E-state index in [4.69, 9.17) is 0 Å². The lowest BCUT2D eigenvalue weighted by molar-refractivity contribution is -0.118. The molecule has 2 aliphatic rings. The molecule has 2 N–H and O–H groups in total. The van der Waals surface area contributed by atoms with Crippen LogP contribution in [-0.2, 0) is 9.59 Å². The quantitative estimate of drug-likeness (QED) is 0.786. The maximum Gasteiger partial charge on any atom is 0.239 e. The van der Waals surface area contributed by atoms with Crippen LogP contribution in [0.1, 0.15) is 38.5 Å². The normalized spacial score (nSPS) is 19.5. The molecular weight excluding hydrogens is 324 g/mol. The van der Waals surface area contributed by atoms with Gasteiger partial charge in [0.15, 0.2) is 0 Å². The van der Waals surface area contributed by atoms with Gasteiger partial charge in [0.2, 0.25) is 23.5 Å². The van der Waals surface area contributed by atoms with Crippen LogP contribution in [0.2, 0.25) is 0 Å². The van der Waals surface area contributed by atoms with Crippen LogP contribution in [0.5, 0.6) is 0 Å². The third kappa shape index (κ3) is 5.50. The molecule has 0 bridgehead atoms. The zero-order chi connectivity index (χ0) is 17.5. The highest BCUT2D eigenvalue weighted by Crippen LogP contribution is 2.16. The van der Waals surface area contributed by atoms with Crippen molar-refractivity contribution in [1.29, 1.82) is 0 Å². The lowest BCUT2D eigenvalue weighted by Crippen LogP contribution is -2.37. The Labute approximate surface area is 147 Å². The van der Waals surface area contributed by atoms with Crippen LogP contribution < -0.4 is 10.6 Å².